The maximum absolute atomic E-state index is 13.0. The Bertz CT molecular complexity index is 1450. The number of hydrogen-bond donors (Lipinski definition) is 2. The highest BCUT2D eigenvalue weighted by Crippen LogP contribution is 2.28. The molecular formula is C23H14N4O3S. The first-order valence-electron chi connectivity index (χ1n) is 9.35. The van der Waals surface area contributed by atoms with Gasteiger partial charge in [0, 0.05) is 22.7 Å². The normalized spacial score (nSPS) is 11.0. The number of rotatable bonds is 4. The number of aromatic carboxylic acids is 1. The van der Waals surface area contributed by atoms with Gasteiger partial charge in [-0.2, -0.15) is 0 Å². The van der Waals surface area contributed by atoms with Gasteiger partial charge in [0.2, 0.25) is 0 Å². The van der Waals surface area contributed by atoms with Gasteiger partial charge in [-0.05, 0) is 42.5 Å². The summed E-state index contributed by atoms with van der Waals surface area (Å²) in [6, 6.07) is 19.5. The van der Waals surface area contributed by atoms with Crippen LogP contribution in [0.4, 0.5) is 5.13 Å². The summed E-state index contributed by atoms with van der Waals surface area (Å²) in [5, 5.41) is 13.2. The number of carbonyl (C=O) groups is 2. The minimum Gasteiger partial charge on any atom is -0.477 e. The van der Waals surface area contributed by atoms with Gasteiger partial charge >= 0.3 is 5.97 Å². The molecule has 0 atom stereocenters. The van der Waals surface area contributed by atoms with Crippen LogP contribution in [-0.4, -0.2) is 31.9 Å². The lowest BCUT2D eigenvalue weighted by molar-refractivity contribution is 0.0690. The Kier molecular flexibility index (Phi) is 4.61. The number of pyridine rings is 2. The maximum atomic E-state index is 13.0. The van der Waals surface area contributed by atoms with Gasteiger partial charge in [0.25, 0.3) is 5.91 Å². The number of carboxylic acid groups (broad SMARTS) is 1. The highest BCUT2D eigenvalue weighted by molar-refractivity contribution is 7.22. The summed E-state index contributed by atoms with van der Waals surface area (Å²) in [7, 11) is 0. The Morgan fingerprint density at radius 3 is 2.55 bits per heavy atom. The van der Waals surface area contributed by atoms with Gasteiger partial charge in [0.1, 0.15) is 5.69 Å². The quantitative estimate of drug-likeness (QED) is 0.425. The van der Waals surface area contributed by atoms with Gasteiger partial charge in [-0.3, -0.25) is 15.1 Å². The molecule has 7 nitrogen and oxygen atoms in total. The van der Waals surface area contributed by atoms with Crippen molar-refractivity contribution in [2.75, 3.05) is 5.32 Å². The van der Waals surface area contributed by atoms with Crippen LogP contribution in [-0.2, 0) is 0 Å². The van der Waals surface area contributed by atoms with Crippen LogP contribution in [0.25, 0.3) is 32.4 Å². The van der Waals surface area contributed by atoms with Crippen molar-refractivity contribution in [2.45, 2.75) is 0 Å². The lowest BCUT2D eigenvalue weighted by Gasteiger charge is -2.08. The summed E-state index contributed by atoms with van der Waals surface area (Å²) < 4.78 is 0.990. The first-order chi connectivity index (χ1) is 15.1. The number of para-hydroxylation sites is 1. The minimum atomic E-state index is -1.11. The van der Waals surface area contributed by atoms with E-state index in [1.807, 2.05) is 30.3 Å². The Morgan fingerprint density at radius 1 is 0.903 bits per heavy atom. The summed E-state index contributed by atoms with van der Waals surface area (Å²) in [6.45, 7) is 0. The lowest BCUT2D eigenvalue weighted by atomic mass is 10.0. The number of benzene rings is 2. The molecule has 0 fully saturated rings. The van der Waals surface area contributed by atoms with Gasteiger partial charge in [0.05, 0.1) is 21.4 Å². The van der Waals surface area contributed by atoms with E-state index < -0.39 is 5.97 Å². The number of carboxylic acids is 1. The molecule has 2 N–H and O–H groups in total. The third kappa shape index (κ3) is 3.60. The molecule has 5 rings (SSSR count). The number of amides is 1. The predicted octanol–water partition coefficient (Wildman–Crippen LogP) is 4.86. The van der Waals surface area contributed by atoms with E-state index in [2.05, 4.69) is 20.3 Å². The van der Waals surface area contributed by atoms with Crippen molar-refractivity contribution in [1.29, 1.82) is 0 Å². The zero-order chi connectivity index (χ0) is 21.4. The fourth-order valence-electron chi connectivity index (χ4n) is 3.29. The molecule has 0 spiro atoms. The first kappa shape index (κ1) is 18.8. The minimum absolute atomic E-state index is 0.0561. The molecule has 31 heavy (non-hydrogen) atoms. The Labute approximate surface area is 180 Å². The lowest BCUT2D eigenvalue weighted by Crippen LogP contribution is -2.12. The van der Waals surface area contributed by atoms with Crippen LogP contribution in [0.3, 0.4) is 0 Å². The molecule has 0 saturated heterocycles. The molecule has 0 aliphatic rings. The summed E-state index contributed by atoms with van der Waals surface area (Å²) in [5.41, 5.74) is 2.95. The van der Waals surface area contributed by atoms with E-state index in [0.717, 1.165) is 10.2 Å². The number of anilines is 1. The van der Waals surface area contributed by atoms with E-state index in [0.29, 0.717) is 32.9 Å². The average molecular weight is 426 g/mol. The van der Waals surface area contributed by atoms with Crippen LogP contribution in [0.1, 0.15) is 20.8 Å². The average Bonchev–Trinajstić information content (AvgIpc) is 3.20. The number of nitrogens with zero attached hydrogens (tertiary/aromatic N) is 3. The zero-order valence-corrected chi connectivity index (χ0v) is 16.8. The molecular weight excluding hydrogens is 412 g/mol. The summed E-state index contributed by atoms with van der Waals surface area (Å²) in [4.78, 5) is 37.3. The zero-order valence-electron chi connectivity index (χ0n) is 15.9. The fourth-order valence-corrected chi connectivity index (χ4v) is 4.15. The smallest absolute Gasteiger partial charge is 0.354 e. The van der Waals surface area contributed by atoms with E-state index in [9.17, 15) is 14.7 Å². The summed E-state index contributed by atoms with van der Waals surface area (Å²) in [5.74, 6) is -1.40. The second kappa shape index (κ2) is 7.58. The van der Waals surface area contributed by atoms with Crippen LogP contribution in [0, 0.1) is 0 Å². The van der Waals surface area contributed by atoms with Crippen LogP contribution in [0.5, 0.6) is 0 Å². The van der Waals surface area contributed by atoms with E-state index in [1.165, 1.54) is 17.4 Å². The molecule has 150 valence electrons. The van der Waals surface area contributed by atoms with Crippen molar-refractivity contribution < 1.29 is 14.7 Å². The number of thiazole rings is 1. The molecule has 3 aromatic heterocycles. The summed E-state index contributed by atoms with van der Waals surface area (Å²) >= 11 is 1.41. The second-order valence-electron chi connectivity index (χ2n) is 6.75. The molecule has 0 saturated carbocycles. The van der Waals surface area contributed by atoms with Gasteiger partial charge in [-0.25, -0.2) is 14.8 Å². The van der Waals surface area contributed by atoms with Crippen molar-refractivity contribution in [3.05, 3.63) is 84.2 Å². The SMILES string of the molecule is O=C(O)c1cccc(-c2cnc3cccc(C(=O)Nc4nc5ccccc5s4)c3c2)n1. The number of aromatic nitrogens is 3. The largest absolute Gasteiger partial charge is 0.477 e. The number of fused-ring (bicyclic) bond motifs is 2. The van der Waals surface area contributed by atoms with Crippen LogP contribution < -0.4 is 5.32 Å². The van der Waals surface area contributed by atoms with Crippen molar-refractivity contribution in [2.24, 2.45) is 0 Å². The molecule has 3 heterocycles. The highest BCUT2D eigenvalue weighted by atomic mass is 32.1. The molecule has 2 aromatic carbocycles. The van der Waals surface area contributed by atoms with Crippen LogP contribution in [0.15, 0.2) is 72.9 Å². The van der Waals surface area contributed by atoms with Gasteiger partial charge in [-0.15, -0.1) is 0 Å². The maximum Gasteiger partial charge on any atom is 0.354 e. The topological polar surface area (TPSA) is 105 Å². The Hall–Kier alpha value is -4.17. The monoisotopic (exact) mass is 426 g/mol. The predicted molar refractivity (Wildman–Crippen MR) is 120 cm³/mol. The van der Waals surface area contributed by atoms with E-state index in [-0.39, 0.29) is 11.6 Å². The van der Waals surface area contributed by atoms with Gasteiger partial charge in [-0.1, -0.05) is 35.6 Å². The van der Waals surface area contributed by atoms with Crippen molar-refractivity contribution in [3.63, 3.8) is 0 Å². The van der Waals surface area contributed by atoms with Crippen molar-refractivity contribution in [3.8, 4) is 11.3 Å². The van der Waals surface area contributed by atoms with E-state index >= 15 is 0 Å². The van der Waals surface area contributed by atoms with Crippen LogP contribution >= 0.6 is 11.3 Å². The second-order valence-corrected chi connectivity index (χ2v) is 7.78. The molecule has 1 amide bonds. The van der Waals surface area contributed by atoms with E-state index in [1.54, 1.807) is 36.5 Å². The van der Waals surface area contributed by atoms with Gasteiger partial charge in [0.15, 0.2) is 5.13 Å². The third-order valence-electron chi connectivity index (χ3n) is 4.75. The number of nitrogens with one attached hydrogen (secondary N) is 1. The molecule has 0 radical (unpaired) electrons. The molecule has 5 aromatic rings. The molecule has 0 aliphatic carbocycles. The van der Waals surface area contributed by atoms with Gasteiger partial charge < -0.3 is 5.11 Å². The van der Waals surface area contributed by atoms with Crippen LogP contribution in [0.2, 0.25) is 0 Å². The number of carbonyl (C=O) groups excluding carboxylic acids is 1. The third-order valence-corrected chi connectivity index (χ3v) is 5.70. The Morgan fingerprint density at radius 2 is 1.71 bits per heavy atom. The highest BCUT2D eigenvalue weighted by Gasteiger charge is 2.15. The van der Waals surface area contributed by atoms with Crippen molar-refractivity contribution >= 4 is 49.5 Å². The summed E-state index contributed by atoms with van der Waals surface area (Å²) in [6.07, 6.45) is 1.62. The fraction of sp³-hybridized carbons (Fsp3) is 0. The Balaban J connectivity index is 1.54. The molecule has 0 aliphatic heterocycles. The van der Waals surface area contributed by atoms with Crippen molar-refractivity contribution in [1.82, 2.24) is 15.0 Å². The molecule has 0 unspecified atom stereocenters. The number of hydrogen-bond acceptors (Lipinski definition) is 6. The molecule has 0 bridgehead atoms. The van der Waals surface area contributed by atoms with E-state index in [4.69, 9.17) is 0 Å². The standard InChI is InChI=1S/C23H14N4O3S/c28-21(27-23-26-18-6-1-2-10-20(18)31-23)14-5-3-8-17-15(14)11-13(12-24-17)16-7-4-9-19(25-16)22(29)30/h1-12H,(H,29,30)(H,26,27,28). The molecule has 8 heteroatoms. The first-order valence-corrected chi connectivity index (χ1v) is 10.2.